The van der Waals surface area contributed by atoms with E-state index >= 15 is 0 Å². The lowest BCUT2D eigenvalue weighted by Gasteiger charge is -2.06. The Morgan fingerprint density at radius 3 is 2.62 bits per heavy atom. The highest BCUT2D eigenvalue weighted by molar-refractivity contribution is 7.99. The van der Waals surface area contributed by atoms with Gasteiger partial charge in [-0.05, 0) is 48.7 Å². The summed E-state index contributed by atoms with van der Waals surface area (Å²) in [5, 5.41) is 0.554. The fourth-order valence-corrected chi connectivity index (χ4v) is 3.16. The zero-order chi connectivity index (χ0) is 18.4. The van der Waals surface area contributed by atoms with Gasteiger partial charge in [0.05, 0.1) is 11.4 Å². The van der Waals surface area contributed by atoms with Crippen LogP contribution >= 0.6 is 11.8 Å². The Morgan fingerprint density at radius 1 is 1.00 bits per heavy atom. The summed E-state index contributed by atoms with van der Waals surface area (Å²) in [6.45, 7) is 2.06. The van der Waals surface area contributed by atoms with E-state index in [1.807, 2.05) is 18.2 Å². The van der Waals surface area contributed by atoms with Gasteiger partial charge >= 0.3 is 0 Å². The third kappa shape index (κ3) is 4.95. The molecule has 0 aliphatic rings. The van der Waals surface area contributed by atoms with Crippen LogP contribution in [0.1, 0.15) is 12.0 Å². The molecule has 0 saturated carbocycles. The minimum absolute atomic E-state index is 0.279. The molecule has 0 spiro atoms. The molecule has 132 valence electrons. The number of allylic oxidation sites excluding steroid dienone is 1. The van der Waals surface area contributed by atoms with E-state index in [0.29, 0.717) is 16.6 Å². The van der Waals surface area contributed by atoms with Gasteiger partial charge in [0.2, 0.25) is 0 Å². The van der Waals surface area contributed by atoms with Crippen molar-refractivity contribution in [3.63, 3.8) is 0 Å². The van der Waals surface area contributed by atoms with Crippen LogP contribution in [0, 0.1) is 6.92 Å². The molecule has 1 aromatic carbocycles. The molecule has 0 unspecified atom stereocenters. The van der Waals surface area contributed by atoms with Crippen molar-refractivity contribution < 1.29 is 8.78 Å². The number of pyridine rings is 1. The van der Waals surface area contributed by atoms with Crippen molar-refractivity contribution >= 4 is 11.8 Å². The first-order chi connectivity index (χ1) is 12.6. The smallest absolute Gasteiger partial charge is 0.255 e. The summed E-state index contributed by atoms with van der Waals surface area (Å²) in [6, 6.07) is 14.0. The molecule has 0 fully saturated rings. The van der Waals surface area contributed by atoms with E-state index in [1.54, 1.807) is 18.5 Å². The van der Waals surface area contributed by atoms with Crippen LogP contribution in [0.2, 0.25) is 0 Å². The molecule has 0 saturated heterocycles. The number of halogens is 2. The van der Waals surface area contributed by atoms with Gasteiger partial charge < -0.3 is 0 Å². The summed E-state index contributed by atoms with van der Waals surface area (Å²) in [4.78, 5) is 13.1. The van der Waals surface area contributed by atoms with Crippen LogP contribution in [-0.2, 0) is 0 Å². The lowest BCUT2D eigenvalue weighted by Crippen LogP contribution is -1.93. The molecular weight excluding hydrogens is 352 g/mol. The predicted molar refractivity (Wildman–Crippen MR) is 101 cm³/mol. The molecule has 26 heavy (non-hydrogen) atoms. The summed E-state index contributed by atoms with van der Waals surface area (Å²) in [6.07, 6.45) is 2.96. The van der Waals surface area contributed by atoms with Crippen molar-refractivity contribution in [2.75, 3.05) is 5.75 Å². The molecule has 0 aliphatic carbocycles. The predicted octanol–water partition coefficient (Wildman–Crippen LogP) is 5.78. The average molecular weight is 369 g/mol. The van der Waals surface area contributed by atoms with E-state index in [4.69, 9.17) is 0 Å². The van der Waals surface area contributed by atoms with E-state index in [0.717, 1.165) is 22.9 Å². The Bertz CT molecular complexity index is 924. The topological polar surface area (TPSA) is 38.7 Å². The largest absolute Gasteiger partial charge is 0.266 e. The molecule has 2 heterocycles. The van der Waals surface area contributed by atoms with Crippen molar-refractivity contribution in [2.24, 2.45) is 0 Å². The summed E-state index contributed by atoms with van der Waals surface area (Å²) < 4.78 is 24.1. The van der Waals surface area contributed by atoms with E-state index < -0.39 is 6.08 Å². The Morgan fingerprint density at radius 2 is 1.81 bits per heavy atom. The molecule has 6 heteroatoms. The first-order valence-corrected chi connectivity index (χ1v) is 9.11. The first kappa shape index (κ1) is 18.2. The maximum atomic E-state index is 12.1. The van der Waals surface area contributed by atoms with Crippen molar-refractivity contribution in [2.45, 2.75) is 18.5 Å². The monoisotopic (exact) mass is 369 g/mol. The molecule has 3 aromatic rings. The summed E-state index contributed by atoms with van der Waals surface area (Å²) in [5.74, 6) is 0.498. The van der Waals surface area contributed by atoms with Crippen molar-refractivity contribution in [1.82, 2.24) is 15.0 Å². The molecule has 3 rings (SSSR count). The van der Waals surface area contributed by atoms with Gasteiger partial charge in [-0.1, -0.05) is 41.6 Å². The van der Waals surface area contributed by atoms with E-state index in [2.05, 4.69) is 40.1 Å². The van der Waals surface area contributed by atoms with Gasteiger partial charge in [-0.2, -0.15) is 8.78 Å². The minimum Gasteiger partial charge on any atom is -0.255 e. The highest BCUT2D eigenvalue weighted by atomic mass is 32.2. The second kappa shape index (κ2) is 8.67. The van der Waals surface area contributed by atoms with Crippen LogP contribution in [0.3, 0.4) is 0 Å². The third-order valence-electron chi connectivity index (χ3n) is 3.65. The van der Waals surface area contributed by atoms with Gasteiger partial charge in [0, 0.05) is 18.1 Å². The van der Waals surface area contributed by atoms with Crippen LogP contribution in [0.15, 0.2) is 72.2 Å². The van der Waals surface area contributed by atoms with Gasteiger partial charge in [-0.3, -0.25) is 4.98 Å². The van der Waals surface area contributed by atoms with Crippen LogP contribution in [-0.4, -0.2) is 20.7 Å². The Hall–Kier alpha value is -2.60. The van der Waals surface area contributed by atoms with E-state index in [-0.39, 0.29) is 6.42 Å². The second-order valence-electron chi connectivity index (χ2n) is 5.65. The van der Waals surface area contributed by atoms with Crippen LogP contribution < -0.4 is 0 Å². The maximum Gasteiger partial charge on any atom is 0.266 e. The molecular formula is C20H17F2N3S. The lowest BCUT2D eigenvalue weighted by molar-refractivity contribution is 0.418. The maximum absolute atomic E-state index is 12.1. The zero-order valence-corrected chi connectivity index (χ0v) is 15.0. The lowest BCUT2D eigenvalue weighted by atomic mass is 10.0. The average Bonchev–Trinajstić information content (AvgIpc) is 2.65. The number of benzene rings is 1. The van der Waals surface area contributed by atoms with Gasteiger partial charge in [-0.25, -0.2) is 9.97 Å². The fourth-order valence-electron chi connectivity index (χ4n) is 2.45. The standard InChI is InChI=1S/C20H17F2N3S/c1-14-4-2-5-15(12-14)16-7-9-23-18(13-16)17-8-10-24-20(25-17)26-11-3-6-19(21)22/h2,4-10,12-13H,3,11H2,1H3. The first-order valence-electron chi connectivity index (χ1n) is 8.12. The van der Waals surface area contributed by atoms with Gasteiger partial charge in [0.25, 0.3) is 6.08 Å². The number of aryl methyl sites for hydroxylation is 1. The van der Waals surface area contributed by atoms with Gasteiger partial charge in [0.1, 0.15) is 0 Å². The Balaban J connectivity index is 1.80. The molecule has 0 amide bonds. The molecule has 0 aliphatic heterocycles. The van der Waals surface area contributed by atoms with Crippen LogP contribution in [0.4, 0.5) is 8.78 Å². The molecule has 2 aromatic heterocycles. The van der Waals surface area contributed by atoms with Gasteiger partial charge in [-0.15, -0.1) is 0 Å². The quantitative estimate of drug-likeness (QED) is 0.314. The number of nitrogens with zero attached hydrogens (tertiary/aromatic N) is 3. The summed E-state index contributed by atoms with van der Waals surface area (Å²) in [5.41, 5.74) is 4.85. The van der Waals surface area contributed by atoms with Crippen molar-refractivity contribution in [1.29, 1.82) is 0 Å². The van der Waals surface area contributed by atoms with Crippen molar-refractivity contribution in [3.8, 4) is 22.5 Å². The Labute approximate surface area is 155 Å². The number of hydrogen-bond donors (Lipinski definition) is 0. The number of hydrogen-bond acceptors (Lipinski definition) is 4. The molecule has 0 radical (unpaired) electrons. The van der Waals surface area contributed by atoms with Crippen LogP contribution in [0.25, 0.3) is 22.5 Å². The SMILES string of the molecule is Cc1cccc(-c2ccnc(-c3ccnc(SCCC=C(F)F)n3)c2)c1. The molecule has 0 atom stereocenters. The second-order valence-corrected chi connectivity index (χ2v) is 6.72. The highest BCUT2D eigenvalue weighted by Crippen LogP contribution is 2.25. The fraction of sp³-hybridized carbons (Fsp3) is 0.150. The normalized spacial score (nSPS) is 10.6. The molecule has 0 bridgehead atoms. The minimum atomic E-state index is -1.66. The summed E-state index contributed by atoms with van der Waals surface area (Å²) >= 11 is 1.35. The number of rotatable bonds is 6. The van der Waals surface area contributed by atoms with Crippen LogP contribution in [0.5, 0.6) is 0 Å². The third-order valence-corrected chi connectivity index (χ3v) is 4.55. The van der Waals surface area contributed by atoms with Gasteiger partial charge in [0.15, 0.2) is 5.16 Å². The van der Waals surface area contributed by atoms with E-state index in [1.165, 1.54) is 17.3 Å². The Kier molecular flexibility index (Phi) is 6.07. The molecule has 3 nitrogen and oxygen atoms in total. The summed E-state index contributed by atoms with van der Waals surface area (Å²) in [7, 11) is 0. The molecule has 0 N–H and O–H groups in total. The van der Waals surface area contributed by atoms with E-state index in [9.17, 15) is 8.78 Å². The van der Waals surface area contributed by atoms with Crippen molar-refractivity contribution in [3.05, 3.63) is 72.6 Å². The number of aromatic nitrogens is 3. The number of thioether (sulfide) groups is 1. The zero-order valence-electron chi connectivity index (χ0n) is 14.2. The highest BCUT2D eigenvalue weighted by Gasteiger charge is 2.07.